The van der Waals surface area contributed by atoms with Crippen LogP contribution in [-0.4, -0.2) is 35.2 Å². The van der Waals surface area contributed by atoms with E-state index in [0.717, 1.165) is 28.7 Å². The van der Waals surface area contributed by atoms with Crippen LogP contribution < -0.4 is 16.0 Å². The molecule has 1 aliphatic rings. The van der Waals surface area contributed by atoms with Gasteiger partial charge in [0.25, 0.3) is 0 Å². The van der Waals surface area contributed by atoms with Gasteiger partial charge in [-0.05, 0) is 43.5 Å². The number of carbonyl (C=O) groups is 1. The number of halogens is 1. The van der Waals surface area contributed by atoms with Crippen molar-refractivity contribution in [2.24, 2.45) is 0 Å². The van der Waals surface area contributed by atoms with Crippen LogP contribution >= 0.6 is 0 Å². The van der Waals surface area contributed by atoms with Crippen molar-refractivity contribution >= 4 is 17.5 Å². The molecule has 4 rings (SSSR count). The van der Waals surface area contributed by atoms with Gasteiger partial charge in [0.15, 0.2) is 0 Å². The van der Waals surface area contributed by atoms with E-state index in [9.17, 15) is 14.3 Å². The molecule has 2 aromatic carbocycles. The van der Waals surface area contributed by atoms with Crippen molar-refractivity contribution in [2.75, 3.05) is 23.7 Å². The normalized spacial score (nSPS) is 16.8. The number of aryl methyl sites for hydroxylation is 1. The van der Waals surface area contributed by atoms with Crippen molar-refractivity contribution in [1.82, 2.24) is 10.3 Å². The van der Waals surface area contributed by atoms with Gasteiger partial charge in [0, 0.05) is 12.6 Å². The number of rotatable bonds is 8. The lowest BCUT2D eigenvalue weighted by Gasteiger charge is -2.34. The van der Waals surface area contributed by atoms with Crippen LogP contribution in [0.2, 0.25) is 0 Å². The van der Waals surface area contributed by atoms with Gasteiger partial charge in [-0.25, -0.2) is 9.37 Å². The summed E-state index contributed by atoms with van der Waals surface area (Å²) in [5.41, 5.74) is 4.80. The maximum atomic E-state index is 13.5. The molecule has 0 aliphatic carbocycles. The van der Waals surface area contributed by atoms with Crippen LogP contribution in [-0.2, 0) is 11.2 Å². The zero-order chi connectivity index (χ0) is 23.4. The van der Waals surface area contributed by atoms with Crippen molar-refractivity contribution in [3.8, 4) is 0 Å². The number of hydrogen-bond acceptors (Lipinski definition) is 5. The number of fused-ring (bicyclic) bond motifs is 1. The van der Waals surface area contributed by atoms with Crippen LogP contribution in [0.3, 0.4) is 0 Å². The maximum Gasteiger partial charge on any atom is 0.310 e. The third-order valence-corrected chi connectivity index (χ3v) is 6.06. The average molecular weight is 449 g/mol. The van der Waals surface area contributed by atoms with Crippen LogP contribution in [0, 0.1) is 12.7 Å². The maximum absolute atomic E-state index is 13.5. The minimum absolute atomic E-state index is 0.000857. The molecule has 0 saturated heterocycles. The van der Waals surface area contributed by atoms with E-state index >= 15 is 0 Å². The van der Waals surface area contributed by atoms with Gasteiger partial charge >= 0.3 is 5.97 Å². The SMILES string of the molecule is Cc1cc(CCN[C@H](c2ccccc2)[C@H]2CNc3cc(F)cnc3N2)cc([C@@H](C)C(=O)O)c1. The van der Waals surface area contributed by atoms with Crippen molar-refractivity contribution in [1.29, 1.82) is 0 Å². The number of carboxylic acid groups (broad SMARTS) is 1. The first-order chi connectivity index (χ1) is 15.9. The van der Waals surface area contributed by atoms with E-state index in [4.69, 9.17) is 0 Å². The number of benzene rings is 2. The van der Waals surface area contributed by atoms with E-state index < -0.39 is 11.9 Å². The van der Waals surface area contributed by atoms with E-state index in [1.54, 1.807) is 6.92 Å². The lowest BCUT2D eigenvalue weighted by molar-refractivity contribution is -0.138. The first-order valence-electron chi connectivity index (χ1n) is 11.2. The third kappa shape index (κ3) is 5.49. The zero-order valence-corrected chi connectivity index (χ0v) is 18.8. The van der Waals surface area contributed by atoms with Crippen molar-refractivity contribution in [3.05, 3.63) is 88.9 Å². The molecule has 0 bridgehead atoms. The molecule has 4 N–H and O–H groups in total. The topological polar surface area (TPSA) is 86.3 Å². The summed E-state index contributed by atoms with van der Waals surface area (Å²) in [4.78, 5) is 15.6. The smallest absolute Gasteiger partial charge is 0.310 e. The summed E-state index contributed by atoms with van der Waals surface area (Å²) in [6, 6.07) is 17.7. The highest BCUT2D eigenvalue weighted by Crippen LogP contribution is 2.29. The van der Waals surface area contributed by atoms with Gasteiger partial charge in [-0.15, -0.1) is 0 Å². The molecule has 6 nitrogen and oxygen atoms in total. The highest BCUT2D eigenvalue weighted by molar-refractivity contribution is 5.75. The summed E-state index contributed by atoms with van der Waals surface area (Å²) in [7, 11) is 0. The number of anilines is 2. The summed E-state index contributed by atoms with van der Waals surface area (Å²) in [5, 5.41) is 19.8. The highest BCUT2D eigenvalue weighted by atomic mass is 19.1. The minimum Gasteiger partial charge on any atom is -0.481 e. The molecule has 172 valence electrons. The molecule has 0 saturated carbocycles. The summed E-state index contributed by atoms with van der Waals surface area (Å²) < 4.78 is 13.5. The molecule has 0 spiro atoms. The van der Waals surface area contributed by atoms with Crippen LogP contribution in [0.15, 0.2) is 60.8 Å². The Balaban J connectivity index is 1.49. The highest BCUT2D eigenvalue weighted by Gasteiger charge is 2.27. The Kier molecular flexibility index (Phi) is 6.89. The Bertz CT molecular complexity index is 1120. The number of carboxylic acids is 1. The quantitative estimate of drug-likeness (QED) is 0.406. The fourth-order valence-electron chi connectivity index (χ4n) is 4.29. The minimum atomic E-state index is -0.821. The first-order valence-corrected chi connectivity index (χ1v) is 11.2. The molecule has 0 amide bonds. The summed E-state index contributed by atoms with van der Waals surface area (Å²) in [6.07, 6.45) is 1.98. The molecule has 33 heavy (non-hydrogen) atoms. The Hall–Kier alpha value is -3.45. The largest absolute Gasteiger partial charge is 0.481 e. The first kappa shape index (κ1) is 22.7. The standard InChI is InChI=1S/C26H29FN4O2/c1-16-10-18(12-20(11-16)17(2)26(32)33)8-9-28-24(19-6-4-3-5-7-19)23-15-29-22-13-21(27)14-30-25(22)31-23/h3-7,10-14,17,23-24,28-29H,8-9,15H2,1-2H3,(H,30,31)(H,32,33)/t17-,23-,24-/m1/s1. The number of hydrogen-bond donors (Lipinski definition) is 4. The van der Waals surface area contributed by atoms with Gasteiger partial charge in [0.2, 0.25) is 0 Å². The molecule has 7 heteroatoms. The number of aliphatic carboxylic acids is 1. The second kappa shape index (κ2) is 10.0. The van der Waals surface area contributed by atoms with Crippen LogP contribution in [0.5, 0.6) is 0 Å². The van der Waals surface area contributed by atoms with Crippen LogP contribution in [0.25, 0.3) is 0 Å². The molecular formula is C26H29FN4O2. The molecule has 0 unspecified atom stereocenters. The van der Waals surface area contributed by atoms with Gasteiger partial charge in [-0.1, -0.05) is 54.1 Å². The monoisotopic (exact) mass is 448 g/mol. The number of aromatic nitrogens is 1. The van der Waals surface area contributed by atoms with Gasteiger partial charge in [-0.2, -0.15) is 0 Å². The summed E-state index contributed by atoms with van der Waals surface area (Å²) in [5.74, 6) is -1.09. The molecule has 2 heterocycles. The van der Waals surface area contributed by atoms with E-state index in [1.807, 2.05) is 37.3 Å². The summed E-state index contributed by atoms with van der Waals surface area (Å²) in [6.45, 7) is 5.04. The van der Waals surface area contributed by atoms with Crippen molar-refractivity contribution < 1.29 is 14.3 Å². The van der Waals surface area contributed by atoms with E-state index in [0.29, 0.717) is 24.6 Å². The lowest BCUT2D eigenvalue weighted by Crippen LogP contribution is -2.44. The van der Waals surface area contributed by atoms with Gasteiger partial charge in [0.1, 0.15) is 11.6 Å². The van der Waals surface area contributed by atoms with Crippen LogP contribution in [0.4, 0.5) is 15.9 Å². The number of nitrogens with one attached hydrogen (secondary N) is 3. The molecule has 1 aliphatic heterocycles. The Morgan fingerprint density at radius 1 is 1.21 bits per heavy atom. The molecule has 0 radical (unpaired) electrons. The van der Waals surface area contributed by atoms with Crippen molar-refractivity contribution in [2.45, 2.75) is 38.3 Å². The van der Waals surface area contributed by atoms with E-state index in [-0.39, 0.29) is 17.9 Å². The van der Waals surface area contributed by atoms with E-state index in [2.05, 4.69) is 39.1 Å². The molecule has 3 aromatic rings. The molecular weight excluding hydrogens is 419 g/mol. The lowest BCUT2D eigenvalue weighted by atomic mass is 9.95. The predicted molar refractivity (Wildman–Crippen MR) is 128 cm³/mol. The molecule has 3 atom stereocenters. The molecule has 1 aromatic heterocycles. The Morgan fingerprint density at radius 3 is 2.76 bits per heavy atom. The summed E-state index contributed by atoms with van der Waals surface area (Å²) >= 11 is 0. The third-order valence-electron chi connectivity index (χ3n) is 6.06. The second-order valence-electron chi connectivity index (χ2n) is 8.59. The predicted octanol–water partition coefficient (Wildman–Crippen LogP) is 4.50. The Morgan fingerprint density at radius 2 is 2.00 bits per heavy atom. The fraction of sp³-hybridized carbons (Fsp3) is 0.308. The zero-order valence-electron chi connectivity index (χ0n) is 18.8. The molecule has 0 fully saturated rings. The fourth-order valence-corrected chi connectivity index (χ4v) is 4.29. The van der Waals surface area contributed by atoms with Crippen LogP contribution in [0.1, 0.15) is 41.1 Å². The van der Waals surface area contributed by atoms with Gasteiger partial charge in [0.05, 0.1) is 29.9 Å². The van der Waals surface area contributed by atoms with E-state index in [1.165, 1.54) is 12.3 Å². The van der Waals surface area contributed by atoms with Gasteiger partial charge < -0.3 is 21.1 Å². The number of pyridine rings is 1. The van der Waals surface area contributed by atoms with Gasteiger partial charge in [-0.3, -0.25) is 4.79 Å². The average Bonchev–Trinajstić information content (AvgIpc) is 2.81. The number of nitrogens with zero attached hydrogens (tertiary/aromatic N) is 1. The second-order valence-corrected chi connectivity index (χ2v) is 8.59. The van der Waals surface area contributed by atoms with Crippen molar-refractivity contribution in [3.63, 3.8) is 0 Å². The Labute approximate surface area is 193 Å².